The molecule has 0 aliphatic heterocycles. The zero-order chi connectivity index (χ0) is 24.9. The third kappa shape index (κ3) is 5.63. The van der Waals surface area contributed by atoms with Gasteiger partial charge < -0.3 is 20.5 Å². The summed E-state index contributed by atoms with van der Waals surface area (Å²) in [7, 11) is 0. The Labute approximate surface area is 208 Å². The van der Waals surface area contributed by atoms with Crippen LogP contribution in [0.3, 0.4) is 0 Å². The number of nitrogens with one attached hydrogen (secondary N) is 2. The maximum atomic E-state index is 12.3. The van der Waals surface area contributed by atoms with Crippen LogP contribution in [0.1, 0.15) is 40.7 Å². The van der Waals surface area contributed by atoms with Gasteiger partial charge in [-0.25, -0.2) is 9.59 Å². The number of carboxylic acids is 1. The lowest BCUT2D eigenvalue weighted by atomic mass is 9.98. The van der Waals surface area contributed by atoms with Gasteiger partial charge in [-0.3, -0.25) is 4.79 Å². The fourth-order valence-corrected chi connectivity index (χ4v) is 4.54. The molecule has 0 heterocycles. The summed E-state index contributed by atoms with van der Waals surface area (Å²) in [6, 6.07) is 20.5. The Balaban J connectivity index is 1.24. The predicted molar refractivity (Wildman–Crippen MR) is 134 cm³/mol. The number of ether oxygens (including phenoxy) is 1. The summed E-state index contributed by atoms with van der Waals surface area (Å²) in [6.07, 6.45) is -0.378. The van der Waals surface area contributed by atoms with Crippen LogP contribution >= 0.6 is 11.6 Å². The number of carbonyl (C=O) groups is 3. The zero-order valence-electron chi connectivity index (χ0n) is 19.1. The standard InChI is InChI=1S/C27H25ClN2O5/c1-16(12-25(31)30-17-10-11-22(26(32)33)24(28)13-17)14-29-27(34)35-15-23-20-8-4-2-6-18(20)19-7-3-5-9-21(19)23/h2-11,13,16,23H,12,14-15H2,1H3,(H,29,34)(H,30,31)(H,32,33). The normalized spacial score (nSPS) is 12.9. The molecule has 3 aromatic carbocycles. The Bertz CT molecular complexity index is 1230. The molecular formula is C27H25ClN2O5. The van der Waals surface area contributed by atoms with Crippen molar-refractivity contribution >= 4 is 35.3 Å². The molecule has 0 radical (unpaired) electrons. The van der Waals surface area contributed by atoms with Crippen LogP contribution in [0.5, 0.6) is 0 Å². The summed E-state index contributed by atoms with van der Waals surface area (Å²) >= 11 is 5.94. The Morgan fingerprint density at radius 3 is 2.23 bits per heavy atom. The Morgan fingerprint density at radius 2 is 1.63 bits per heavy atom. The van der Waals surface area contributed by atoms with E-state index in [1.54, 1.807) is 0 Å². The van der Waals surface area contributed by atoms with E-state index in [1.807, 2.05) is 31.2 Å². The van der Waals surface area contributed by atoms with E-state index in [-0.39, 0.29) is 47.9 Å². The summed E-state index contributed by atoms with van der Waals surface area (Å²) in [6.45, 7) is 2.33. The van der Waals surface area contributed by atoms with E-state index < -0.39 is 12.1 Å². The lowest BCUT2D eigenvalue weighted by molar-refractivity contribution is -0.116. The molecule has 0 saturated carbocycles. The first-order valence-electron chi connectivity index (χ1n) is 11.2. The first-order chi connectivity index (χ1) is 16.8. The second-order valence-corrected chi connectivity index (χ2v) is 8.97. The first kappa shape index (κ1) is 24.3. The number of hydrogen-bond donors (Lipinski definition) is 3. The summed E-state index contributed by atoms with van der Waals surface area (Å²) in [5.41, 5.74) is 4.98. The van der Waals surface area contributed by atoms with E-state index >= 15 is 0 Å². The Kier molecular flexibility index (Phi) is 7.36. The summed E-state index contributed by atoms with van der Waals surface area (Å²) in [5, 5.41) is 14.5. The summed E-state index contributed by atoms with van der Waals surface area (Å²) < 4.78 is 5.52. The van der Waals surface area contributed by atoms with Gasteiger partial charge in [0.15, 0.2) is 0 Å². The van der Waals surface area contributed by atoms with Crippen LogP contribution in [0.15, 0.2) is 66.7 Å². The molecule has 0 spiro atoms. The largest absolute Gasteiger partial charge is 0.478 e. The predicted octanol–water partition coefficient (Wildman–Crippen LogP) is 5.54. The SMILES string of the molecule is CC(CNC(=O)OCC1c2ccccc2-c2ccccc21)CC(=O)Nc1ccc(C(=O)O)c(Cl)c1. The van der Waals surface area contributed by atoms with Crippen molar-refractivity contribution in [2.24, 2.45) is 5.92 Å². The van der Waals surface area contributed by atoms with Crippen LogP contribution in [0.25, 0.3) is 11.1 Å². The number of benzene rings is 3. The van der Waals surface area contributed by atoms with E-state index in [4.69, 9.17) is 21.4 Å². The van der Waals surface area contributed by atoms with Crippen molar-refractivity contribution in [3.63, 3.8) is 0 Å². The van der Waals surface area contributed by atoms with Gasteiger partial charge in [-0.1, -0.05) is 67.1 Å². The minimum Gasteiger partial charge on any atom is -0.478 e. The number of alkyl carbamates (subject to hydrolysis) is 1. The molecule has 1 atom stereocenters. The molecule has 0 bridgehead atoms. The number of hydrogen-bond acceptors (Lipinski definition) is 4. The van der Waals surface area contributed by atoms with E-state index in [0.29, 0.717) is 5.69 Å². The quantitative estimate of drug-likeness (QED) is 0.383. The van der Waals surface area contributed by atoms with Gasteiger partial charge >= 0.3 is 12.1 Å². The van der Waals surface area contributed by atoms with Gasteiger partial charge in [-0.2, -0.15) is 0 Å². The number of aromatic carboxylic acids is 1. The molecule has 3 N–H and O–H groups in total. The average Bonchev–Trinajstić information content (AvgIpc) is 3.15. The highest BCUT2D eigenvalue weighted by molar-refractivity contribution is 6.33. The van der Waals surface area contributed by atoms with Crippen molar-refractivity contribution in [3.05, 3.63) is 88.4 Å². The first-order valence-corrected chi connectivity index (χ1v) is 11.6. The molecular weight excluding hydrogens is 468 g/mol. The number of anilines is 1. The number of halogens is 1. The number of amides is 2. The Hall–Kier alpha value is -3.84. The van der Waals surface area contributed by atoms with Gasteiger partial charge in [0.25, 0.3) is 0 Å². The fourth-order valence-electron chi connectivity index (χ4n) is 4.27. The van der Waals surface area contributed by atoms with Crippen molar-refractivity contribution in [1.29, 1.82) is 0 Å². The van der Waals surface area contributed by atoms with E-state index in [2.05, 4.69) is 34.9 Å². The topological polar surface area (TPSA) is 105 Å². The molecule has 4 rings (SSSR count). The maximum absolute atomic E-state index is 12.3. The van der Waals surface area contributed by atoms with Gasteiger partial charge in [0.05, 0.1) is 10.6 Å². The second-order valence-electron chi connectivity index (χ2n) is 8.56. The monoisotopic (exact) mass is 492 g/mol. The van der Waals surface area contributed by atoms with Crippen LogP contribution in [-0.4, -0.2) is 36.2 Å². The average molecular weight is 493 g/mol. The number of carbonyl (C=O) groups excluding carboxylic acids is 2. The van der Waals surface area contributed by atoms with Crippen LogP contribution in [0.4, 0.5) is 10.5 Å². The highest BCUT2D eigenvalue weighted by atomic mass is 35.5. The molecule has 35 heavy (non-hydrogen) atoms. The second kappa shape index (κ2) is 10.6. The third-order valence-electron chi connectivity index (χ3n) is 5.96. The fraction of sp³-hybridized carbons (Fsp3) is 0.222. The number of rotatable bonds is 8. The van der Waals surface area contributed by atoms with Crippen LogP contribution < -0.4 is 10.6 Å². The van der Waals surface area contributed by atoms with Gasteiger partial charge in [-0.05, 0) is 46.4 Å². The van der Waals surface area contributed by atoms with Gasteiger partial charge in [0.2, 0.25) is 5.91 Å². The zero-order valence-corrected chi connectivity index (χ0v) is 19.8. The molecule has 180 valence electrons. The van der Waals surface area contributed by atoms with Crippen LogP contribution in [-0.2, 0) is 9.53 Å². The highest BCUT2D eigenvalue weighted by Gasteiger charge is 2.29. The van der Waals surface area contributed by atoms with E-state index in [9.17, 15) is 14.4 Å². The third-order valence-corrected chi connectivity index (χ3v) is 6.27. The molecule has 1 aliphatic rings. The van der Waals surface area contributed by atoms with Crippen molar-refractivity contribution in [1.82, 2.24) is 5.32 Å². The van der Waals surface area contributed by atoms with E-state index in [1.165, 1.54) is 18.2 Å². The highest BCUT2D eigenvalue weighted by Crippen LogP contribution is 2.44. The summed E-state index contributed by atoms with van der Waals surface area (Å²) in [5.74, 6) is -1.58. The van der Waals surface area contributed by atoms with Gasteiger partial charge in [0, 0.05) is 24.6 Å². The molecule has 0 aromatic heterocycles. The number of carboxylic acid groups (broad SMARTS) is 1. The lowest BCUT2D eigenvalue weighted by Gasteiger charge is -2.16. The smallest absolute Gasteiger partial charge is 0.407 e. The van der Waals surface area contributed by atoms with Crippen LogP contribution in [0, 0.1) is 5.92 Å². The van der Waals surface area contributed by atoms with Crippen LogP contribution in [0.2, 0.25) is 5.02 Å². The molecule has 1 unspecified atom stereocenters. The number of fused-ring (bicyclic) bond motifs is 3. The molecule has 8 heteroatoms. The maximum Gasteiger partial charge on any atom is 0.407 e. The molecule has 3 aromatic rings. The van der Waals surface area contributed by atoms with Crippen molar-refractivity contribution in [3.8, 4) is 11.1 Å². The van der Waals surface area contributed by atoms with Gasteiger partial charge in [0.1, 0.15) is 6.61 Å². The van der Waals surface area contributed by atoms with Crippen molar-refractivity contribution in [2.75, 3.05) is 18.5 Å². The molecule has 2 amide bonds. The van der Waals surface area contributed by atoms with E-state index in [0.717, 1.165) is 22.3 Å². The molecule has 0 fully saturated rings. The minimum atomic E-state index is -1.14. The Morgan fingerprint density at radius 1 is 1.00 bits per heavy atom. The van der Waals surface area contributed by atoms with Crippen molar-refractivity contribution in [2.45, 2.75) is 19.3 Å². The minimum absolute atomic E-state index is 0.0179. The van der Waals surface area contributed by atoms with Crippen molar-refractivity contribution < 1.29 is 24.2 Å². The lowest BCUT2D eigenvalue weighted by Crippen LogP contribution is -2.31. The summed E-state index contributed by atoms with van der Waals surface area (Å²) in [4.78, 5) is 35.7. The van der Waals surface area contributed by atoms with Gasteiger partial charge in [-0.15, -0.1) is 0 Å². The molecule has 0 saturated heterocycles. The molecule has 1 aliphatic carbocycles. The molecule has 7 nitrogen and oxygen atoms in total.